The Morgan fingerprint density at radius 2 is 2.09 bits per heavy atom. The number of nitrogens with zero attached hydrogens (tertiary/aromatic N) is 4. The van der Waals surface area contributed by atoms with Gasteiger partial charge < -0.3 is 9.64 Å². The lowest BCUT2D eigenvalue weighted by Crippen LogP contribution is -2.55. The van der Waals surface area contributed by atoms with Crippen LogP contribution >= 0.6 is 0 Å². The highest BCUT2D eigenvalue weighted by atomic mass is 16.6. The van der Waals surface area contributed by atoms with Gasteiger partial charge in [0.1, 0.15) is 6.54 Å². The van der Waals surface area contributed by atoms with Crippen LogP contribution in [0.1, 0.15) is 0 Å². The zero-order valence-electron chi connectivity index (χ0n) is 11.7. The first-order chi connectivity index (χ1) is 10.5. The molecule has 9 nitrogen and oxygen atoms in total. The number of cyclic esters (lactones) is 1. The number of hydrogen-bond acceptors (Lipinski definition) is 6. The summed E-state index contributed by atoms with van der Waals surface area (Å²) >= 11 is 0. The average molecular weight is 306 g/mol. The Morgan fingerprint density at radius 1 is 1.32 bits per heavy atom. The molecular formula is C13H14N4O5. The normalized spacial score (nSPS) is 18.4. The fourth-order valence-corrected chi connectivity index (χ4v) is 2.44. The maximum absolute atomic E-state index is 12.0. The standard InChI is InChI=1S/C13H14N4O5/c18-10-2-1-3-14-17(10)7-11(19)15-4-9(5-15)6-16-12(20)8-22-13(16)21/h1-3,9H,4-8H2. The molecule has 0 radical (unpaired) electrons. The molecule has 1 aromatic heterocycles. The molecule has 2 aliphatic rings. The molecule has 0 aromatic carbocycles. The van der Waals surface area contributed by atoms with Crippen LogP contribution in [0.15, 0.2) is 23.1 Å². The molecule has 116 valence electrons. The number of hydrogen-bond donors (Lipinski definition) is 0. The first kappa shape index (κ1) is 14.2. The molecule has 22 heavy (non-hydrogen) atoms. The quantitative estimate of drug-likeness (QED) is 0.684. The van der Waals surface area contributed by atoms with Gasteiger partial charge in [-0.15, -0.1) is 0 Å². The van der Waals surface area contributed by atoms with Gasteiger partial charge in [0.2, 0.25) is 5.91 Å². The molecule has 2 fully saturated rings. The number of carbonyl (C=O) groups is 3. The Hall–Kier alpha value is -2.71. The maximum atomic E-state index is 12.0. The van der Waals surface area contributed by atoms with Crippen LogP contribution in [0.3, 0.4) is 0 Å². The minimum atomic E-state index is -0.630. The van der Waals surface area contributed by atoms with Gasteiger partial charge in [-0.05, 0) is 6.07 Å². The summed E-state index contributed by atoms with van der Waals surface area (Å²) in [4.78, 5) is 48.8. The summed E-state index contributed by atoms with van der Waals surface area (Å²) in [6.07, 6.45) is 0.813. The third-order valence-corrected chi connectivity index (χ3v) is 3.66. The van der Waals surface area contributed by atoms with Gasteiger partial charge in [0.25, 0.3) is 11.5 Å². The van der Waals surface area contributed by atoms with Crippen LogP contribution in [0.25, 0.3) is 0 Å². The molecule has 0 aliphatic carbocycles. The highest BCUT2D eigenvalue weighted by molar-refractivity contribution is 5.97. The Balaban J connectivity index is 1.50. The van der Waals surface area contributed by atoms with E-state index in [9.17, 15) is 19.2 Å². The number of amides is 3. The van der Waals surface area contributed by atoms with Crippen LogP contribution in [0.2, 0.25) is 0 Å². The van der Waals surface area contributed by atoms with Crippen molar-refractivity contribution in [2.45, 2.75) is 6.54 Å². The van der Waals surface area contributed by atoms with Crippen LogP contribution in [0, 0.1) is 5.92 Å². The van der Waals surface area contributed by atoms with Crippen molar-refractivity contribution in [3.8, 4) is 0 Å². The van der Waals surface area contributed by atoms with Crippen LogP contribution in [-0.4, -0.2) is 63.7 Å². The van der Waals surface area contributed by atoms with Crippen LogP contribution in [0.4, 0.5) is 4.79 Å². The zero-order valence-corrected chi connectivity index (χ0v) is 11.7. The Bertz CT molecular complexity index is 663. The van der Waals surface area contributed by atoms with Crippen molar-refractivity contribution < 1.29 is 19.1 Å². The Labute approximate surface area is 125 Å². The molecule has 9 heteroatoms. The number of carbonyl (C=O) groups excluding carboxylic acids is 3. The molecule has 2 aliphatic heterocycles. The largest absolute Gasteiger partial charge is 0.439 e. The van der Waals surface area contributed by atoms with E-state index in [1.165, 1.54) is 18.3 Å². The summed E-state index contributed by atoms with van der Waals surface area (Å²) in [7, 11) is 0. The molecule has 3 rings (SSSR count). The average Bonchev–Trinajstić information content (AvgIpc) is 2.75. The van der Waals surface area contributed by atoms with Crippen molar-refractivity contribution in [2.75, 3.05) is 26.2 Å². The summed E-state index contributed by atoms with van der Waals surface area (Å²) in [5.74, 6) is -0.527. The Morgan fingerprint density at radius 3 is 2.73 bits per heavy atom. The van der Waals surface area contributed by atoms with Gasteiger partial charge in [0.15, 0.2) is 6.61 Å². The number of ether oxygens (including phenoxy) is 1. The first-order valence-corrected chi connectivity index (χ1v) is 6.81. The van der Waals surface area contributed by atoms with E-state index < -0.39 is 6.09 Å². The first-order valence-electron chi connectivity index (χ1n) is 6.81. The summed E-state index contributed by atoms with van der Waals surface area (Å²) in [5.41, 5.74) is -0.335. The second kappa shape index (κ2) is 5.58. The fraction of sp³-hybridized carbons (Fsp3) is 0.462. The molecule has 1 aromatic rings. The van der Waals surface area contributed by atoms with E-state index in [-0.39, 0.29) is 43.0 Å². The molecule has 3 heterocycles. The predicted molar refractivity (Wildman–Crippen MR) is 71.6 cm³/mol. The van der Waals surface area contributed by atoms with E-state index in [1.807, 2.05) is 0 Å². The highest BCUT2D eigenvalue weighted by Crippen LogP contribution is 2.19. The van der Waals surface area contributed by atoms with Crippen molar-refractivity contribution in [2.24, 2.45) is 5.92 Å². The third-order valence-electron chi connectivity index (χ3n) is 3.66. The molecular weight excluding hydrogens is 292 g/mol. The van der Waals surface area contributed by atoms with E-state index >= 15 is 0 Å². The van der Waals surface area contributed by atoms with E-state index in [2.05, 4.69) is 9.84 Å². The molecule has 0 bridgehead atoms. The molecule has 0 spiro atoms. The van der Waals surface area contributed by atoms with Gasteiger partial charge in [-0.3, -0.25) is 14.4 Å². The molecule has 3 amide bonds. The second-order valence-corrected chi connectivity index (χ2v) is 5.24. The fourth-order valence-electron chi connectivity index (χ4n) is 2.44. The second-order valence-electron chi connectivity index (χ2n) is 5.24. The smallest absolute Gasteiger partial charge is 0.417 e. The molecule has 0 saturated carbocycles. The lowest BCUT2D eigenvalue weighted by molar-refractivity contribution is -0.139. The highest BCUT2D eigenvalue weighted by Gasteiger charge is 2.38. The summed E-state index contributed by atoms with van der Waals surface area (Å²) < 4.78 is 5.72. The van der Waals surface area contributed by atoms with Gasteiger partial charge in [-0.1, -0.05) is 0 Å². The summed E-state index contributed by atoms with van der Waals surface area (Å²) in [6.45, 7) is 0.813. The van der Waals surface area contributed by atoms with E-state index in [4.69, 9.17) is 0 Å². The SMILES string of the molecule is O=C(Cn1ncccc1=O)N1CC(CN2C(=O)COC2=O)C1. The van der Waals surface area contributed by atoms with Crippen molar-refractivity contribution in [1.29, 1.82) is 0 Å². The van der Waals surface area contributed by atoms with E-state index in [1.54, 1.807) is 4.90 Å². The lowest BCUT2D eigenvalue weighted by atomic mass is 9.99. The van der Waals surface area contributed by atoms with Gasteiger partial charge in [-0.25, -0.2) is 14.4 Å². The monoisotopic (exact) mass is 306 g/mol. The zero-order chi connectivity index (χ0) is 15.7. The minimum absolute atomic E-state index is 0.0407. The lowest BCUT2D eigenvalue weighted by Gasteiger charge is -2.40. The predicted octanol–water partition coefficient (Wildman–Crippen LogP) is -1.32. The molecule has 0 unspecified atom stereocenters. The maximum Gasteiger partial charge on any atom is 0.417 e. The number of likely N-dealkylation sites (tertiary alicyclic amines) is 1. The molecule has 2 saturated heterocycles. The summed E-state index contributed by atoms with van der Waals surface area (Å²) in [6, 6.07) is 2.85. The Kier molecular flexibility index (Phi) is 3.61. The third kappa shape index (κ3) is 2.69. The van der Waals surface area contributed by atoms with Gasteiger partial charge >= 0.3 is 6.09 Å². The van der Waals surface area contributed by atoms with E-state index in [0.29, 0.717) is 13.1 Å². The van der Waals surface area contributed by atoms with Gasteiger partial charge in [0.05, 0.1) is 0 Å². The minimum Gasteiger partial charge on any atom is -0.439 e. The van der Waals surface area contributed by atoms with Crippen molar-refractivity contribution in [3.63, 3.8) is 0 Å². The van der Waals surface area contributed by atoms with Gasteiger partial charge in [0, 0.05) is 37.8 Å². The molecule has 0 N–H and O–H groups in total. The van der Waals surface area contributed by atoms with Crippen LogP contribution < -0.4 is 5.56 Å². The van der Waals surface area contributed by atoms with Crippen LogP contribution in [0.5, 0.6) is 0 Å². The van der Waals surface area contributed by atoms with Gasteiger partial charge in [-0.2, -0.15) is 5.10 Å². The van der Waals surface area contributed by atoms with Crippen LogP contribution in [-0.2, 0) is 20.9 Å². The number of rotatable bonds is 4. The number of imide groups is 1. The van der Waals surface area contributed by atoms with Crippen molar-refractivity contribution in [3.05, 3.63) is 28.7 Å². The summed E-state index contributed by atoms with van der Waals surface area (Å²) in [5, 5.41) is 3.82. The van der Waals surface area contributed by atoms with E-state index in [0.717, 1.165) is 9.58 Å². The topological polar surface area (TPSA) is 102 Å². The van der Waals surface area contributed by atoms with Crippen molar-refractivity contribution in [1.82, 2.24) is 19.6 Å². The number of aromatic nitrogens is 2. The molecule has 0 atom stereocenters. The van der Waals surface area contributed by atoms with Crippen molar-refractivity contribution >= 4 is 17.9 Å².